The maximum atomic E-state index is 14.2. The van der Waals surface area contributed by atoms with Crippen LogP contribution in [0.25, 0.3) is 0 Å². The van der Waals surface area contributed by atoms with Gasteiger partial charge in [-0.1, -0.05) is 72.3 Å². The first-order valence-electron chi connectivity index (χ1n) is 13.4. The van der Waals surface area contributed by atoms with E-state index in [2.05, 4.69) is 10.6 Å². The molecule has 2 aliphatic rings. The van der Waals surface area contributed by atoms with Crippen molar-refractivity contribution in [3.05, 3.63) is 95.0 Å². The Kier molecular flexibility index (Phi) is 8.87. The second kappa shape index (κ2) is 12.7. The summed E-state index contributed by atoms with van der Waals surface area (Å²) in [6, 6.07) is 23.4. The van der Waals surface area contributed by atoms with E-state index >= 15 is 0 Å². The van der Waals surface area contributed by atoms with Crippen LogP contribution in [0.4, 0.5) is 5.69 Å². The lowest BCUT2D eigenvalue weighted by atomic mass is 10.0. The Hall–Kier alpha value is -3.62. The molecule has 0 spiro atoms. The predicted octanol–water partition coefficient (Wildman–Crippen LogP) is 4.73. The molecule has 7 nitrogen and oxygen atoms in total. The summed E-state index contributed by atoms with van der Waals surface area (Å²) in [6.45, 7) is 0.197. The van der Waals surface area contributed by atoms with E-state index in [1.807, 2.05) is 60.7 Å². The van der Waals surface area contributed by atoms with Gasteiger partial charge in [-0.2, -0.15) is 0 Å². The Morgan fingerprint density at radius 3 is 2.40 bits per heavy atom. The highest BCUT2D eigenvalue weighted by molar-refractivity contribution is 7.99. The minimum Gasteiger partial charge on any atom is -0.354 e. The minimum absolute atomic E-state index is 0.104. The number of halogens is 1. The topological polar surface area (TPSA) is 95.6 Å². The fourth-order valence-corrected chi connectivity index (χ4v) is 6.79. The molecule has 5 rings (SSSR count). The van der Waals surface area contributed by atoms with Crippen LogP contribution >= 0.6 is 23.4 Å². The first-order valence-corrected chi connectivity index (χ1v) is 14.6. The van der Waals surface area contributed by atoms with Crippen LogP contribution in [-0.4, -0.2) is 42.6 Å². The van der Waals surface area contributed by atoms with Crippen LogP contribution < -0.4 is 15.5 Å². The second-order valence-electron chi connectivity index (χ2n) is 9.97. The zero-order valence-electron chi connectivity index (χ0n) is 21.8. The molecule has 3 aromatic carbocycles. The molecule has 1 aliphatic carbocycles. The molecule has 1 heterocycles. The molecular weight excluding hydrogens is 546 g/mol. The van der Waals surface area contributed by atoms with E-state index in [-0.39, 0.29) is 18.2 Å². The highest BCUT2D eigenvalue weighted by atomic mass is 35.5. The van der Waals surface area contributed by atoms with Gasteiger partial charge in [-0.3, -0.25) is 19.2 Å². The number of nitrogens with one attached hydrogen (secondary N) is 2. The highest BCUT2D eigenvalue weighted by Gasteiger charge is 2.42. The van der Waals surface area contributed by atoms with Crippen molar-refractivity contribution >= 4 is 52.6 Å². The molecule has 1 aliphatic heterocycles. The number of hydrogen-bond acceptors (Lipinski definition) is 5. The number of Topliss-reactive ketones (excluding diaryl/α,β-unsaturated/α-hetero) is 1. The lowest BCUT2D eigenvalue weighted by molar-refractivity contribution is -0.135. The highest BCUT2D eigenvalue weighted by Crippen LogP contribution is 2.46. The largest absolute Gasteiger partial charge is 0.354 e. The van der Waals surface area contributed by atoms with Crippen LogP contribution in [0.5, 0.6) is 0 Å². The zero-order valence-corrected chi connectivity index (χ0v) is 23.4. The summed E-state index contributed by atoms with van der Waals surface area (Å²) in [5.41, 5.74) is 2.48. The summed E-state index contributed by atoms with van der Waals surface area (Å²) < 4.78 is 0. The molecule has 0 radical (unpaired) electrons. The smallest absolute Gasteiger partial charge is 0.251 e. The number of thioether (sulfide) groups is 1. The summed E-state index contributed by atoms with van der Waals surface area (Å²) >= 11 is 7.77. The van der Waals surface area contributed by atoms with E-state index in [0.29, 0.717) is 42.9 Å². The van der Waals surface area contributed by atoms with Gasteiger partial charge < -0.3 is 15.5 Å². The number of benzene rings is 3. The first-order chi connectivity index (χ1) is 19.4. The van der Waals surface area contributed by atoms with Crippen molar-refractivity contribution < 1.29 is 19.2 Å². The van der Waals surface area contributed by atoms with Crippen LogP contribution in [-0.2, 0) is 25.6 Å². The maximum absolute atomic E-state index is 14.2. The molecule has 206 valence electrons. The molecule has 3 atom stereocenters. The third-order valence-corrected chi connectivity index (χ3v) is 8.84. The van der Waals surface area contributed by atoms with Crippen molar-refractivity contribution in [1.29, 1.82) is 0 Å². The van der Waals surface area contributed by atoms with Crippen LogP contribution in [0.3, 0.4) is 0 Å². The molecule has 1 unspecified atom stereocenters. The average Bonchev–Trinajstić information content (AvgIpc) is 3.36. The number of carbonyl (C=O) groups excluding carboxylic acids is 4. The average molecular weight is 576 g/mol. The lowest BCUT2D eigenvalue weighted by Crippen LogP contribution is -2.53. The quantitative estimate of drug-likeness (QED) is 0.379. The standard InChI is InChI=1S/C31H30ClN3O4S/c32-22-14-15-24-26(18-22)40-29(21-10-5-2-6-11-21)28(34-30(38)23-12-7-13-25(23)36)31(39)35(24)19-27(37)33-17-16-20-8-3-1-4-9-20/h1-6,8-11,14-15,18,23,28-29H,7,12-13,16-17,19H2,(H,33,37)(H,34,38)/t23?,28-,29-/m1/s1. The molecular formula is C31H30ClN3O4S. The molecule has 40 heavy (non-hydrogen) atoms. The van der Waals surface area contributed by atoms with E-state index in [1.54, 1.807) is 18.2 Å². The number of nitrogens with zero attached hydrogens (tertiary/aromatic N) is 1. The normalized spacial score (nSPS) is 20.5. The molecule has 0 bridgehead atoms. The number of carbonyl (C=O) groups is 4. The van der Waals surface area contributed by atoms with Gasteiger partial charge in [-0.25, -0.2) is 0 Å². The van der Waals surface area contributed by atoms with E-state index in [9.17, 15) is 19.2 Å². The van der Waals surface area contributed by atoms with E-state index in [0.717, 1.165) is 16.0 Å². The fraction of sp³-hybridized carbons (Fsp3) is 0.290. The number of fused-ring (bicyclic) bond motifs is 1. The van der Waals surface area contributed by atoms with Gasteiger partial charge in [-0.15, -0.1) is 11.8 Å². The van der Waals surface area contributed by atoms with Gasteiger partial charge in [0.25, 0.3) is 5.91 Å². The minimum atomic E-state index is -1.00. The molecule has 1 saturated carbocycles. The van der Waals surface area contributed by atoms with Crippen molar-refractivity contribution in [2.24, 2.45) is 5.92 Å². The monoisotopic (exact) mass is 575 g/mol. The van der Waals surface area contributed by atoms with Gasteiger partial charge in [0.1, 0.15) is 18.4 Å². The van der Waals surface area contributed by atoms with Gasteiger partial charge >= 0.3 is 0 Å². The number of rotatable bonds is 8. The third kappa shape index (κ3) is 6.40. The summed E-state index contributed by atoms with van der Waals surface area (Å²) in [4.78, 5) is 55.1. The predicted molar refractivity (Wildman–Crippen MR) is 156 cm³/mol. The molecule has 9 heteroatoms. The number of amides is 3. The van der Waals surface area contributed by atoms with Gasteiger partial charge in [0.2, 0.25) is 11.8 Å². The Bertz CT molecular complexity index is 1400. The Morgan fingerprint density at radius 1 is 0.975 bits per heavy atom. The van der Waals surface area contributed by atoms with Crippen molar-refractivity contribution in [3.8, 4) is 0 Å². The maximum Gasteiger partial charge on any atom is 0.251 e. The summed E-state index contributed by atoms with van der Waals surface area (Å²) in [7, 11) is 0. The van der Waals surface area contributed by atoms with Gasteiger partial charge in [0.15, 0.2) is 0 Å². The SMILES string of the molecule is O=C(CN1C(=O)[C@H](NC(=O)C2CCCC2=O)[C@@H](c2ccccc2)Sc2cc(Cl)ccc21)NCCc1ccccc1. The fourth-order valence-electron chi connectivity index (χ4n) is 5.17. The van der Waals surface area contributed by atoms with E-state index in [1.165, 1.54) is 16.7 Å². The molecule has 0 aromatic heterocycles. The molecule has 2 N–H and O–H groups in total. The Balaban J connectivity index is 1.43. The lowest BCUT2D eigenvalue weighted by Gasteiger charge is -2.29. The van der Waals surface area contributed by atoms with Gasteiger partial charge in [0.05, 0.1) is 16.9 Å². The Morgan fingerprint density at radius 2 is 1.70 bits per heavy atom. The Labute approximate surface area is 242 Å². The number of ketones is 1. The summed E-state index contributed by atoms with van der Waals surface area (Å²) in [5, 5.41) is 5.82. The molecule has 3 aromatic rings. The molecule has 0 saturated heterocycles. The van der Waals surface area contributed by atoms with Crippen LogP contribution in [0, 0.1) is 5.92 Å². The summed E-state index contributed by atoms with van der Waals surface area (Å²) in [5.74, 6) is -2.04. The van der Waals surface area contributed by atoms with Crippen molar-refractivity contribution in [2.75, 3.05) is 18.0 Å². The van der Waals surface area contributed by atoms with Gasteiger partial charge in [0, 0.05) is 22.9 Å². The molecule has 3 amide bonds. The number of hydrogen-bond donors (Lipinski definition) is 2. The van der Waals surface area contributed by atoms with Crippen molar-refractivity contribution in [2.45, 2.75) is 41.9 Å². The van der Waals surface area contributed by atoms with Crippen LogP contribution in [0.1, 0.15) is 35.6 Å². The molecule has 1 fully saturated rings. The summed E-state index contributed by atoms with van der Waals surface area (Å²) in [6.07, 6.45) is 2.16. The van der Waals surface area contributed by atoms with Crippen LogP contribution in [0.2, 0.25) is 5.02 Å². The number of anilines is 1. The second-order valence-corrected chi connectivity index (χ2v) is 11.6. The van der Waals surface area contributed by atoms with Crippen LogP contribution in [0.15, 0.2) is 83.8 Å². The van der Waals surface area contributed by atoms with E-state index < -0.39 is 29.0 Å². The zero-order chi connectivity index (χ0) is 28.1. The first kappa shape index (κ1) is 27.9. The van der Waals surface area contributed by atoms with Crippen molar-refractivity contribution in [3.63, 3.8) is 0 Å². The van der Waals surface area contributed by atoms with Crippen molar-refractivity contribution in [1.82, 2.24) is 10.6 Å². The third-order valence-electron chi connectivity index (χ3n) is 7.23. The van der Waals surface area contributed by atoms with E-state index in [4.69, 9.17) is 11.6 Å². The van der Waals surface area contributed by atoms with Gasteiger partial charge in [-0.05, 0) is 48.6 Å².